The van der Waals surface area contributed by atoms with Gasteiger partial charge in [0.1, 0.15) is 6.04 Å². The monoisotopic (exact) mass is 387 g/mol. The molecule has 1 heterocycles. The molecular weight excluding hydrogens is 362 g/mol. The Bertz CT molecular complexity index is 873. The van der Waals surface area contributed by atoms with Gasteiger partial charge in [0.05, 0.1) is 12.2 Å². The third-order valence-electron chi connectivity index (χ3n) is 5.06. The van der Waals surface area contributed by atoms with Crippen LogP contribution < -0.4 is 5.32 Å². The Morgan fingerprint density at radius 3 is 2.56 bits per heavy atom. The summed E-state index contributed by atoms with van der Waals surface area (Å²) in [7, 11) is 0. The van der Waals surface area contributed by atoms with Crippen molar-refractivity contribution < 1.29 is 14.7 Å². The van der Waals surface area contributed by atoms with Crippen molar-refractivity contribution in [3.8, 4) is 11.3 Å². The van der Waals surface area contributed by atoms with Crippen molar-refractivity contribution in [3.05, 3.63) is 34.2 Å². The molecule has 7 heteroatoms. The molecule has 1 amide bonds. The quantitative estimate of drug-likeness (QED) is 0.758. The van der Waals surface area contributed by atoms with Crippen LogP contribution in [0.25, 0.3) is 11.3 Å². The molecule has 6 nitrogen and oxygen atoms in total. The van der Waals surface area contributed by atoms with Gasteiger partial charge in [-0.1, -0.05) is 6.07 Å². The van der Waals surface area contributed by atoms with Crippen LogP contribution in [0.1, 0.15) is 36.5 Å². The van der Waals surface area contributed by atoms with Crippen molar-refractivity contribution >= 4 is 28.3 Å². The summed E-state index contributed by atoms with van der Waals surface area (Å²) in [4.78, 5) is 30.0. The number of carboxylic acid groups (broad SMARTS) is 1. The van der Waals surface area contributed by atoms with Gasteiger partial charge >= 0.3 is 5.97 Å². The Morgan fingerprint density at radius 2 is 1.93 bits per heavy atom. The van der Waals surface area contributed by atoms with Crippen molar-refractivity contribution in [1.82, 2.24) is 9.88 Å². The number of aryl methyl sites for hydroxylation is 3. The van der Waals surface area contributed by atoms with Gasteiger partial charge in [-0.05, 0) is 63.3 Å². The number of amides is 1. The first kappa shape index (κ1) is 19.5. The van der Waals surface area contributed by atoms with Gasteiger partial charge in [-0.2, -0.15) is 0 Å². The fraction of sp³-hybridized carbons (Fsp3) is 0.450. The van der Waals surface area contributed by atoms with Crippen molar-refractivity contribution in [2.75, 3.05) is 11.9 Å². The van der Waals surface area contributed by atoms with Crippen LogP contribution in [0.15, 0.2) is 17.5 Å². The number of carboxylic acids is 1. The van der Waals surface area contributed by atoms with Crippen LogP contribution in [0.4, 0.5) is 5.13 Å². The lowest BCUT2D eigenvalue weighted by Gasteiger charge is -2.25. The molecule has 0 saturated heterocycles. The number of nitrogens with zero attached hydrogens (tertiary/aromatic N) is 2. The van der Waals surface area contributed by atoms with Gasteiger partial charge in [-0.15, -0.1) is 11.3 Å². The predicted molar refractivity (Wildman–Crippen MR) is 107 cm³/mol. The first-order chi connectivity index (χ1) is 12.8. The Kier molecular flexibility index (Phi) is 5.62. The number of thiazole rings is 1. The lowest BCUT2D eigenvalue weighted by molar-refractivity contribution is -0.143. The molecule has 1 unspecified atom stereocenters. The number of aromatic nitrogens is 1. The van der Waals surface area contributed by atoms with E-state index in [9.17, 15) is 14.7 Å². The molecule has 0 aliphatic heterocycles. The Hall–Kier alpha value is -2.25. The van der Waals surface area contributed by atoms with E-state index in [2.05, 4.69) is 43.2 Å². The number of benzene rings is 1. The number of rotatable bonds is 7. The van der Waals surface area contributed by atoms with E-state index in [1.807, 2.05) is 5.38 Å². The highest BCUT2D eigenvalue weighted by atomic mass is 32.1. The molecule has 3 rings (SSSR count). The van der Waals surface area contributed by atoms with Gasteiger partial charge in [0.25, 0.3) is 0 Å². The molecule has 1 aromatic heterocycles. The maximum atomic E-state index is 12.4. The van der Waals surface area contributed by atoms with E-state index < -0.39 is 12.0 Å². The lowest BCUT2D eigenvalue weighted by Crippen LogP contribution is -2.44. The molecule has 1 atom stereocenters. The van der Waals surface area contributed by atoms with Crippen LogP contribution in [0, 0.1) is 20.8 Å². The minimum Gasteiger partial charge on any atom is -0.480 e. The van der Waals surface area contributed by atoms with Crippen molar-refractivity contribution in [1.29, 1.82) is 0 Å². The summed E-state index contributed by atoms with van der Waals surface area (Å²) in [5.41, 5.74) is 5.50. The molecule has 2 aromatic rings. The van der Waals surface area contributed by atoms with Crippen molar-refractivity contribution in [3.63, 3.8) is 0 Å². The number of aliphatic carboxylic acids is 1. The van der Waals surface area contributed by atoms with Gasteiger partial charge < -0.3 is 10.4 Å². The second-order valence-electron chi connectivity index (χ2n) is 7.26. The van der Waals surface area contributed by atoms with E-state index in [0.717, 1.165) is 29.7 Å². The third kappa shape index (κ3) is 4.54. The number of carbonyl (C=O) groups is 2. The van der Waals surface area contributed by atoms with Crippen LogP contribution in [0.5, 0.6) is 0 Å². The van der Waals surface area contributed by atoms with Gasteiger partial charge in [-0.25, -0.2) is 4.98 Å². The molecule has 0 radical (unpaired) electrons. The molecule has 1 fully saturated rings. The standard InChI is InChI=1S/C20H25N3O3S/c1-11-7-13(3)16(8-12(11)2)17-10-27-20(21-17)22-18(24)9-23(15-5-6-15)14(4)19(25)26/h7-8,10,14-15H,5-6,9H2,1-4H3,(H,25,26)(H,21,22,24). The molecule has 2 N–H and O–H groups in total. The van der Waals surface area contributed by atoms with Gasteiger partial charge in [-0.3, -0.25) is 14.5 Å². The maximum Gasteiger partial charge on any atom is 0.320 e. The Labute approximate surface area is 163 Å². The summed E-state index contributed by atoms with van der Waals surface area (Å²) in [6.07, 6.45) is 1.89. The highest BCUT2D eigenvalue weighted by Crippen LogP contribution is 2.30. The minimum atomic E-state index is -0.906. The molecule has 0 bridgehead atoms. The molecule has 1 aliphatic rings. The second-order valence-corrected chi connectivity index (χ2v) is 8.11. The van der Waals surface area contributed by atoms with Crippen molar-refractivity contribution in [2.24, 2.45) is 0 Å². The van der Waals surface area contributed by atoms with Crippen LogP contribution in [0.3, 0.4) is 0 Å². The van der Waals surface area contributed by atoms with E-state index >= 15 is 0 Å². The van der Waals surface area contributed by atoms with E-state index in [0.29, 0.717) is 5.13 Å². The summed E-state index contributed by atoms with van der Waals surface area (Å²) < 4.78 is 0. The van der Waals surface area contributed by atoms with Crippen LogP contribution in [-0.2, 0) is 9.59 Å². The fourth-order valence-electron chi connectivity index (χ4n) is 3.15. The topological polar surface area (TPSA) is 82.5 Å². The zero-order valence-corrected chi connectivity index (χ0v) is 16.9. The summed E-state index contributed by atoms with van der Waals surface area (Å²) in [5, 5.41) is 14.5. The normalized spacial score (nSPS) is 15.0. The average molecular weight is 388 g/mol. The Morgan fingerprint density at radius 1 is 1.26 bits per heavy atom. The minimum absolute atomic E-state index is 0.0652. The molecule has 1 aromatic carbocycles. The van der Waals surface area contributed by atoms with Crippen LogP contribution >= 0.6 is 11.3 Å². The molecule has 1 aliphatic carbocycles. The first-order valence-electron chi connectivity index (χ1n) is 9.08. The highest BCUT2D eigenvalue weighted by Gasteiger charge is 2.36. The highest BCUT2D eigenvalue weighted by molar-refractivity contribution is 7.14. The zero-order chi connectivity index (χ0) is 19.7. The summed E-state index contributed by atoms with van der Waals surface area (Å²) in [5.74, 6) is -1.14. The largest absolute Gasteiger partial charge is 0.480 e. The van der Waals surface area contributed by atoms with E-state index in [1.54, 1.807) is 11.8 Å². The first-order valence-corrected chi connectivity index (χ1v) is 9.96. The van der Waals surface area contributed by atoms with E-state index in [1.165, 1.54) is 22.5 Å². The SMILES string of the molecule is Cc1cc(C)c(-c2csc(NC(=O)CN(C3CC3)C(C)C(=O)O)n2)cc1C. The van der Waals surface area contributed by atoms with Crippen LogP contribution in [0.2, 0.25) is 0 Å². The molecule has 1 saturated carbocycles. The predicted octanol–water partition coefficient (Wildman–Crippen LogP) is 3.61. The zero-order valence-electron chi connectivity index (χ0n) is 16.1. The second kappa shape index (κ2) is 7.78. The van der Waals surface area contributed by atoms with Gasteiger partial charge in [0.15, 0.2) is 5.13 Å². The number of nitrogens with one attached hydrogen (secondary N) is 1. The third-order valence-corrected chi connectivity index (χ3v) is 5.82. The van der Waals surface area contributed by atoms with Gasteiger partial charge in [0, 0.05) is 17.0 Å². The molecule has 144 valence electrons. The summed E-state index contributed by atoms with van der Waals surface area (Å²) in [6.45, 7) is 7.90. The lowest BCUT2D eigenvalue weighted by atomic mass is 9.99. The summed E-state index contributed by atoms with van der Waals surface area (Å²) in [6, 6.07) is 3.78. The number of anilines is 1. The summed E-state index contributed by atoms with van der Waals surface area (Å²) >= 11 is 1.38. The number of carbonyl (C=O) groups excluding carboxylic acids is 1. The Balaban J connectivity index is 1.69. The average Bonchev–Trinajstić information content (AvgIpc) is 3.35. The number of hydrogen-bond donors (Lipinski definition) is 2. The fourth-order valence-corrected chi connectivity index (χ4v) is 3.87. The van der Waals surface area contributed by atoms with Crippen molar-refractivity contribution in [2.45, 2.75) is 52.6 Å². The van der Waals surface area contributed by atoms with E-state index in [4.69, 9.17) is 0 Å². The maximum absolute atomic E-state index is 12.4. The molecule has 0 spiro atoms. The molecule has 27 heavy (non-hydrogen) atoms. The number of hydrogen-bond acceptors (Lipinski definition) is 5. The van der Waals surface area contributed by atoms with Gasteiger partial charge in [0.2, 0.25) is 5.91 Å². The van der Waals surface area contributed by atoms with Crippen LogP contribution in [-0.4, -0.2) is 45.5 Å². The smallest absolute Gasteiger partial charge is 0.320 e. The van der Waals surface area contributed by atoms with E-state index in [-0.39, 0.29) is 18.5 Å². The molecular formula is C20H25N3O3S.